The number of aliphatic carboxylic acids is 1. The van der Waals surface area contributed by atoms with Gasteiger partial charge in [-0.1, -0.05) is 48.5 Å². The topological polar surface area (TPSA) is 104 Å². The van der Waals surface area contributed by atoms with Gasteiger partial charge in [0, 0.05) is 13.0 Å². The van der Waals surface area contributed by atoms with E-state index in [1.54, 1.807) is 30.3 Å². The maximum atomic E-state index is 13.0. The molecule has 1 heterocycles. The molecule has 0 saturated carbocycles. The molecule has 0 fully saturated rings. The fourth-order valence-electron chi connectivity index (χ4n) is 3.50. The fourth-order valence-corrected chi connectivity index (χ4v) is 3.50. The maximum Gasteiger partial charge on any atom is 0.303 e. The Hall–Kier alpha value is -3.87. The first-order valence-electron chi connectivity index (χ1n) is 9.79. The lowest BCUT2D eigenvalue weighted by atomic mass is 9.95. The van der Waals surface area contributed by atoms with Gasteiger partial charge in [0.25, 0.3) is 5.91 Å². The Morgan fingerprint density at radius 2 is 1.77 bits per heavy atom. The van der Waals surface area contributed by atoms with E-state index in [0.717, 1.165) is 5.56 Å². The van der Waals surface area contributed by atoms with E-state index in [-0.39, 0.29) is 25.0 Å². The molecule has 3 rings (SSSR count). The van der Waals surface area contributed by atoms with Crippen LogP contribution in [0.4, 0.5) is 0 Å². The third-order valence-corrected chi connectivity index (χ3v) is 5.02. The summed E-state index contributed by atoms with van der Waals surface area (Å²) >= 11 is 0. The number of rotatable bonds is 9. The summed E-state index contributed by atoms with van der Waals surface area (Å²) in [5.74, 6) is -2.17. The normalized spacial score (nSPS) is 16.2. The second-order valence-corrected chi connectivity index (χ2v) is 7.04. The zero-order valence-corrected chi connectivity index (χ0v) is 17.0. The smallest absolute Gasteiger partial charge is 0.303 e. The number of carbonyl (C=O) groups excluding carboxylic acids is 2. The summed E-state index contributed by atoms with van der Waals surface area (Å²) in [5, 5.41) is 19.5. The van der Waals surface area contributed by atoms with Gasteiger partial charge in [-0.25, -0.2) is 0 Å². The van der Waals surface area contributed by atoms with Crippen molar-refractivity contribution >= 4 is 23.7 Å². The maximum absolute atomic E-state index is 13.0. The molecule has 1 unspecified atom stereocenters. The van der Waals surface area contributed by atoms with Crippen molar-refractivity contribution < 1.29 is 29.3 Å². The largest absolute Gasteiger partial charge is 0.503 e. The first-order chi connectivity index (χ1) is 14.9. The zero-order chi connectivity index (χ0) is 22.4. The lowest BCUT2D eigenvalue weighted by molar-refractivity contribution is -0.138. The number of benzene rings is 2. The SMILES string of the molecule is COc1ccc(C2C(C(=O)C=Cc3ccccc3)=C(O)C(=O)N2CCCC(=O)O)cc1. The minimum Gasteiger partial charge on any atom is -0.503 e. The third kappa shape index (κ3) is 5.01. The number of methoxy groups -OCH3 is 1. The van der Waals surface area contributed by atoms with Crippen LogP contribution < -0.4 is 4.74 Å². The quantitative estimate of drug-likeness (QED) is 0.600. The predicted octanol–water partition coefficient (Wildman–Crippen LogP) is 3.54. The van der Waals surface area contributed by atoms with Crippen molar-refractivity contribution in [3.63, 3.8) is 0 Å². The molecule has 0 aromatic heterocycles. The first kappa shape index (κ1) is 21.8. The molecule has 1 aliphatic rings. The van der Waals surface area contributed by atoms with Crippen molar-refractivity contribution in [3.8, 4) is 5.75 Å². The number of aliphatic hydroxyl groups is 1. The zero-order valence-electron chi connectivity index (χ0n) is 17.0. The number of nitrogens with zero attached hydrogens (tertiary/aromatic N) is 1. The van der Waals surface area contributed by atoms with Crippen LogP contribution in [-0.4, -0.2) is 46.4 Å². The third-order valence-electron chi connectivity index (χ3n) is 5.02. The highest BCUT2D eigenvalue weighted by molar-refractivity contribution is 6.14. The van der Waals surface area contributed by atoms with Crippen LogP contribution in [-0.2, 0) is 14.4 Å². The molecule has 2 N–H and O–H groups in total. The number of ether oxygens (including phenoxy) is 1. The Morgan fingerprint density at radius 3 is 2.39 bits per heavy atom. The number of allylic oxidation sites excluding steroid dienone is 1. The Morgan fingerprint density at radius 1 is 1.10 bits per heavy atom. The van der Waals surface area contributed by atoms with Crippen molar-refractivity contribution in [2.24, 2.45) is 0 Å². The van der Waals surface area contributed by atoms with Gasteiger partial charge in [-0.3, -0.25) is 14.4 Å². The van der Waals surface area contributed by atoms with E-state index in [9.17, 15) is 19.5 Å². The summed E-state index contributed by atoms with van der Waals surface area (Å²) in [6.45, 7) is 0.0884. The standard InChI is InChI=1S/C24H23NO6/c1-31-18-12-10-17(11-13-18)22-21(19(26)14-9-16-6-3-2-4-7-16)23(29)24(30)25(22)15-5-8-20(27)28/h2-4,6-7,9-14,22,29H,5,8,15H2,1H3,(H,27,28). The van der Waals surface area contributed by atoms with Crippen LogP contribution in [0.1, 0.15) is 30.0 Å². The fraction of sp³-hybridized carbons (Fsp3) is 0.208. The second kappa shape index (κ2) is 9.75. The van der Waals surface area contributed by atoms with Crippen LogP contribution in [0.2, 0.25) is 0 Å². The van der Waals surface area contributed by atoms with Gasteiger partial charge in [-0.15, -0.1) is 0 Å². The molecule has 0 aliphatic carbocycles. The number of hydrogen-bond donors (Lipinski definition) is 2. The number of hydrogen-bond acceptors (Lipinski definition) is 5. The summed E-state index contributed by atoms with van der Waals surface area (Å²) in [6.07, 6.45) is 3.01. The van der Waals surface area contributed by atoms with E-state index in [0.29, 0.717) is 11.3 Å². The average molecular weight is 421 g/mol. The molecule has 0 radical (unpaired) electrons. The molecular weight excluding hydrogens is 398 g/mol. The van der Waals surface area contributed by atoms with Crippen molar-refractivity contribution in [1.82, 2.24) is 4.90 Å². The van der Waals surface area contributed by atoms with Crippen molar-refractivity contribution in [1.29, 1.82) is 0 Å². The molecule has 0 bridgehead atoms. The summed E-state index contributed by atoms with van der Waals surface area (Å²) < 4.78 is 5.17. The van der Waals surface area contributed by atoms with Gasteiger partial charge in [0.15, 0.2) is 11.5 Å². The Labute approximate surface area is 179 Å². The van der Waals surface area contributed by atoms with Crippen molar-refractivity contribution in [2.45, 2.75) is 18.9 Å². The van der Waals surface area contributed by atoms with Gasteiger partial charge in [0.05, 0.1) is 18.7 Å². The van der Waals surface area contributed by atoms with E-state index in [2.05, 4.69) is 0 Å². The van der Waals surface area contributed by atoms with Gasteiger partial charge in [0.2, 0.25) is 0 Å². The lowest BCUT2D eigenvalue weighted by Gasteiger charge is -2.26. The number of carboxylic acid groups (broad SMARTS) is 1. The number of aliphatic hydroxyl groups excluding tert-OH is 1. The van der Waals surface area contributed by atoms with Crippen LogP contribution in [0, 0.1) is 0 Å². The summed E-state index contributed by atoms with van der Waals surface area (Å²) in [4.78, 5) is 38.0. The van der Waals surface area contributed by atoms with Gasteiger partial charge in [-0.05, 0) is 35.8 Å². The number of carboxylic acids is 1. The van der Waals surface area contributed by atoms with Gasteiger partial charge in [0.1, 0.15) is 5.75 Å². The molecule has 2 aromatic carbocycles. The van der Waals surface area contributed by atoms with E-state index < -0.39 is 29.5 Å². The highest BCUT2D eigenvalue weighted by Gasteiger charge is 2.42. The molecular formula is C24H23NO6. The minimum atomic E-state index is -0.980. The van der Waals surface area contributed by atoms with Crippen LogP contribution in [0.3, 0.4) is 0 Å². The van der Waals surface area contributed by atoms with Crippen molar-refractivity contribution in [2.75, 3.05) is 13.7 Å². The molecule has 7 nitrogen and oxygen atoms in total. The predicted molar refractivity (Wildman–Crippen MR) is 114 cm³/mol. The highest BCUT2D eigenvalue weighted by Crippen LogP contribution is 2.38. The van der Waals surface area contributed by atoms with Crippen molar-refractivity contribution in [3.05, 3.63) is 83.1 Å². The van der Waals surface area contributed by atoms with Gasteiger partial charge < -0.3 is 19.8 Å². The molecule has 1 aliphatic heterocycles. The van der Waals surface area contributed by atoms with E-state index in [1.807, 2.05) is 30.3 Å². The number of carbonyl (C=O) groups is 3. The monoisotopic (exact) mass is 421 g/mol. The van der Waals surface area contributed by atoms with Crippen LogP contribution in [0.5, 0.6) is 5.75 Å². The molecule has 0 spiro atoms. The summed E-state index contributed by atoms with van der Waals surface area (Å²) in [5.41, 5.74) is 1.39. The Balaban J connectivity index is 1.94. The summed E-state index contributed by atoms with van der Waals surface area (Å²) in [6, 6.07) is 15.2. The average Bonchev–Trinajstić information content (AvgIpc) is 3.03. The van der Waals surface area contributed by atoms with Gasteiger partial charge >= 0.3 is 5.97 Å². The van der Waals surface area contributed by atoms with E-state index >= 15 is 0 Å². The molecule has 1 amide bonds. The second-order valence-electron chi connectivity index (χ2n) is 7.04. The molecule has 7 heteroatoms. The van der Waals surface area contributed by atoms with Crippen LogP contribution >= 0.6 is 0 Å². The van der Waals surface area contributed by atoms with Crippen LogP contribution in [0.25, 0.3) is 6.08 Å². The molecule has 160 valence electrons. The number of ketones is 1. The molecule has 31 heavy (non-hydrogen) atoms. The Bertz CT molecular complexity index is 1020. The summed E-state index contributed by atoms with van der Waals surface area (Å²) in [7, 11) is 1.53. The minimum absolute atomic E-state index is 0.0299. The van der Waals surface area contributed by atoms with Crippen LogP contribution in [0.15, 0.2) is 72.0 Å². The molecule has 1 atom stereocenters. The number of amides is 1. The molecule has 2 aromatic rings. The molecule has 0 saturated heterocycles. The van der Waals surface area contributed by atoms with Gasteiger partial charge in [-0.2, -0.15) is 0 Å². The highest BCUT2D eigenvalue weighted by atomic mass is 16.5. The Kier molecular flexibility index (Phi) is 6.87. The first-order valence-corrected chi connectivity index (χ1v) is 9.79. The van der Waals surface area contributed by atoms with E-state index in [4.69, 9.17) is 9.84 Å². The lowest BCUT2D eigenvalue weighted by Crippen LogP contribution is -2.32. The van der Waals surface area contributed by atoms with E-state index in [1.165, 1.54) is 18.1 Å².